The van der Waals surface area contributed by atoms with Gasteiger partial charge in [0.25, 0.3) is 0 Å². The van der Waals surface area contributed by atoms with Gasteiger partial charge in [-0.05, 0) is 23.6 Å². The lowest BCUT2D eigenvalue weighted by Gasteiger charge is -2.30. The Morgan fingerprint density at radius 3 is 2.58 bits per heavy atom. The molecule has 0 aliphatic carbocycles. The second kappa shape index (κ2) is 6.63. The molecular formula is C20H20N4O2. The summed E-state index contributed by atoms with van der Waals surface area (Å²) >= 11 is 0. The molecule has 1 N–H and O–H groups in total. The van der Waals surface area contributed by atoms with Crippen LogP contribution in [0.2, 0.25) is 0 Å². The molecule has 26 heavy (non-hydrogen) atoms. The van der Waals surface area contributed by atoms with Gasteiger partial charge in [-0.2, -0.15) is 5.10 Å². The number of carbonyl (C=O) groups is 2. The number of nitrogens with one attached hydrogen (secondary N) is 1. The van der Waals surface area contributed by atoms with E-state index in [1.165, 1.54) is 6.92 Å². The van der Waals surface area contributed by atoms with Crippen molar-refractivity contribution >= 4 is 23.1 Å². The first-order valence-corrected chi connectivity index (χ1v) is 8.73. The standard InChI is InChI=1S/C20H20N4O2/c1-14(25)21-19-13-18-17(4-2-11-24(18)22-19)16-7-5-15(6-8-16)12-20(26)23-9-3-10-23/h2,4-8,11,13H,3,9-10,12H2,1H3,(H,21,22,25). The number of nitrogens with zero attached hydrogens (tertiary/aromatic N) is 3. The topological polar surface area (TPSA) is 66.7 Å². The highest BCUT2D eigenvalue weighted by molar-refractivity contribution is 5.90. The highest BCUT2D eigenvalue weighted by Crippen LogP contribution is 2.27. The first-order chi connectivity index (χ1) is 12.6. The summed E-state index contributed by atoms with van der Waals surface area (Å²) in [6, 6.07) is 13.9. The van der Waals surface area contributed by atoms with Crippen LogP contribution in [-0.4, -0.2) is 39.4 Å². The Morgan fingerprint density at radius 1 is 1.15 bits per heavy atom. The number of likely N-dealkylation sites (tertiary alicyclic amines) is 1. The van der Waals surface area contributed by atoms with Crippen LogP contribution in [0.4, 0.5) is 5.82 Å². The number of hydrogen-bond acceptors (Lipinski definition) is 3. The van der Waals surface area contributed by atoms with E-state index in [9.17, 15) is 9.59 Å². The van der Waals surface area contributed by atoms with E-state index < -0.39 is 0 Å². The summed E-state index contributed by atoms with van der Waals surface area (Å²) in [5.41, 5.74) is 4.01. The molecule has 6 nitrogen and oxygen atoms in total. The van der Waals surface area contributed by atoms with E-state index in [1.807, 2.05) is 53.6 Å². The fraction of sp³-hybridized carbons (Fsp3) is 0.250. The number of amides is 2. The van der Waals surface area contributed by atoms with Crippen LogP contribution in [0.15, 0.2) is 48.7 Å². The van der Waals surface area contributed by atoms with Gasteiger partial charge in [-0.1, -0.05) is 30.3 Å². The van der Waals surface area contributed by atoms with Crippen LogP contribution in [0, 0.1) is 0 Å². The van der Waals surface area contributed by atoms with E-state index in [4.69, 9.17) is 0 Å². The van der Waals surface area contributed by atoms with E-state index in [-0.39, 0.29) is 11.8 Å². The molecule has 1 aliphatic heterocycles. The van der Waals surface area contributed by atoms with Crippen LogP contribution in [0.25, 0.3) is 16.6 Å². The van der Waals surface area contributed by atoms with Crippen molar-refractivity contribution < 1.29 is 9.59 Å². The summed E-state index contributed by atoms with van der Waals surface area (Å²) < 4.78 is 1.75. The maximum absolute atomic E-state index is 12.1. The first kappa shape index (κ1) is 16.3. The third-order valence-corrected chi connectivity index (χ3v) is 4.64. The fourth-order valence-corrected chi connectivity index (χ4v) is 3.16. The van der Waals surface area contributed by atoms with Crippen molar-refractivity contribution in [3.63, 3.8) is 0 Å². The molecule has 4 rings (SSSR count). The van der Waals surface area contributed by atoms with Crippen LogP contribution < -0.4 is 5.32 Å². The van der Waals surface area contributed by atoms with E-state index in [0.717, 1.165) is 41.7 Å². The van der Waals surface area contributed by atoms with Crippen LogP contribution in [0.1, 0.15) is 18.9 Å². The van der Waals surface area contributed by atoms with Gasteiger partial charge in [0.2, 0.25) is 11.8 Å². The molecule has 0 saturated carbocycles. The Hall–Kier alpha value is -3.15. The quantitative estimate of drug-likeness (QED) is 0.788. The molecule has 2 aromatic heterocycles. The van der Waals surface area contributed by atoms with Gasteiger partial charge in [-0.25, -0.2) is 4.52 Å². The van der Waals surface area contributed by atoms with Crippen molar-refractivity contribution in [1.29, 1.82) is 0 Å². The average Bonchev–Trinajstić information content (AvgIpc) is 2.95. The zero-order chi connectivity index (χ0) is 18.1. The van der Waals surface area contributed by atoms with Crippen molar-refractivity contribution in [2.45, 2.75) is 19.8 Å². The van der Waals surface area contributed by atoms with Gasteiger partial charge >= 0.3 is 0 Å². The number of benzene rings is 1. The third-order valence-electron chi connectivity index (χ3n) is 4.64. The lowest BCUT2D eigenvalue weighted by Crippen LogP contribution is -2.42. The number of anilines is 1. The molecule has 1 saturated heterocycles. The van der Waals surface area contributed by atoms with Crippen molar-refractivity contribution in [2.24, 2.45) is 0 Å². The first-order valence-electron chi connectivity index (χ1n) is 8.73. The lowest BCUT2D eigenvalue weighted by molar-refractivity contribution is -0.133. The van der Waals surface area contributed by atoms with Gasteiger partial charge in [-0.3, -0.25) is 9.59 Å². The van der Waals surface area contributed by atoms with E-state index >= 15 is 0 Å². The molecule has 0 atom stereocenters. The fourth-order valence-electron chi connectivity index (χ4n) is 3.16. The summed E-state index contributed by atoms with van der Waals surface area (Å²) in [5.74, 6) is 0.578. The average molecular weight is 348 g/mol. The zero-order valence-electron chi connectivity index (χ0n) is 14.6. The van der Waals surface area contributed by atoms with Crippen LogP contribution in [0.3, 0.4) is 0 Å². The minimum atomic E-state index is -0.147. The smallest absolute Gasteiger partial charge is 0.226 e. The third kappa shape index (κ3) is 3.18. The molecule has 0 bridgehead atoms. The zero-order valence-corrected chi connectivity index (χ0v) is 14.6. The Balaban J connectivity index is 1.59. The van der Waals surface area contributed by atoms with E-state index in [1.54, 1.807) is 4.52 Å². The highest BCUT2D eigenvalue weighted by atomic mass is 16.2. The van der Waals surface area contributed by atoms with Gasteiger partial charge in [0.15, 0.2) is 5.82 Å². The highest BCUT2D eigenvalue weighted by Gasteiger charge is 2.20. The van der Waals surface area contributed by atoms with Crippen molar-refractivity contribution in [1.82, 2.24) is 14.5 Å². The number of fused-ring (bicyclic) bond motifs is 1. The second-order valence-electron chi connectivity index (χ2n) is 6.57. The molecule has 3 heterocycles. The predicted molar refractivity (Wildman–Crippen MR) is 99.8 cm³/mol. The summed E-state index contributed by atoms with van der Waals surface area (Å²) in [5, 5.41) is 7.08. The Bertz CT molecular complexity index is 971. The lowest BCUT2D eigenvalue weighted by atomic mass is 10.0. The number of hydrogen-bond donors (Lipinski definition) is 1. The molecule has 3 aromatic rings. The number of pyridine rings is 1. The molecule has 6 heteroatoms. The van der Waals surface area contributed by atoms with Crippen LogP contribution in [0.5, 0.6) is 0 Å². The molecule has 1 aliphatic rings. The summed E-state index contributed by atoms with van der Waals surface area (Å²) in [6.07, 6.45) is 3.41. The molecule has 0 unspecified atom stereocenters. The summed E-state index contributed by atoms with van der Waals surface area (Å²) in [6.45, 7) is 3.23. The maximum atomic E-state index is 12.1. The minimum absolute atomic E-state index is 0.147. The molecule has 132 valence electrons. The Labute approximate surface area is 151 Å². The summed E-state index contributed by atoms with van der Waals surface area (Å²) in [7, 11) is 0. The Morgan fingerprint density at radius 2 is 1.92 bits per heavy atom. The largest absolute Gasteiger partial charge is 0.342 e. The monoisotopic (exact) mass is 348 g/mol. The van der Waals surface area contributed by atoms with Crippen LogP contribution in [-0.2, 0) is 16.0 Å². The van der Waals surface area contributed by atoms with E-state index in [2.05, 4.69) is 10.4 Å². The van der Waals surface area contributed by atoms with E-state index in [0.29, 0.717) is 12.2 Å². The number of aromatic nitrogens is 2. The van der Waals surface area contributed by atoms with Crippen molar-refractivity contribution in [3.8, 4) is 11.1 Å². The normalized spacial score (nSPS) is 13.5. The van der Waals surface area contributed by atoms with Crippen molar-refractivity contribution in [2.75, 3.05) is 18.4 Å². The molecule has 0 spiro atoms. The number of rotatable bonds is 4. The van der Waals surface area contributed by atoms with Crippen molar-refractivity contribution in [3.05, 3.63) is 54.2 Å². The van der Waals surface area contributed by atoms with Gasteiger partial charge in [0, 0.05) is 37.8 Å². The summed E-state index contributed by atoms with van der Waals surface area (Å²) in [4.78, 5) is 25.2. The number of carbonyl (C=O) groups excluding carboxylic acids is 2. The molecule has 2 amide bonds. The van der Waals surface area contributed by atoms with Gasteiger partial charge in [0.1, 0.15) is 0 Å². The minimum Gasteiger partial charge on any atom is -0.342 e. The molecule has 0 radical (unpaired) electrons. The van der Waals surface area contributed by atoms with Gasteiger partial charge in [0.05, 0.1) is 11.9 Å². The molecule has 1 fully saturated rings. The van der Waals surface area contributed by atoms with Crippen LogP contribution >= 0.6 is 0 Å². The predicted octanol–water partition coefficient (Wildman–Crippen LogP) is 2.73. The SMILES string of the molecule is CC(=O)Nc1cc2c(-c3ccc(CC(=O)N4CCC4)cc3)cccn2n1. The second-order valence-corrected chi connectivity index (χ2v) is 6.57. The molecule has 1 aromatic carbocycles. The maximum Gasteiger partial charge on any atom is 0.226 e. The molecular weight excluding hydrogens is 328 g/mol. The van der Waals surface area contributed by atoms with Gasteiger partial charge < -0.3 is 10.2 Å². The Kier molecular flexibility index (Phi) is 4.16. The van der Waals surface area contributed by atoms with Gasteiger partial charge in [-0.15, -0.1) is 0 Å².